The standard InChI is InChI=1S/C43H80O3/c1-5-7-9-11-13-15-17-19-21-23-25-27-29-31-33-35-37-39-41(4)43(45)46-42(44)40(3)38-36-34-32-30-28-26-24-22-20-18-16-14-12-10-8-6-2/h39H,3,5-38H2,1-2,4H3. The van der Waals surface area contributed by atoms with Crippen LogP contribution >= 0.6 is 0 Å². The third-order valence-electron chi connectivity index (χ3n) is 9.64. The zero-order valence-corrected chi connectivity index (χ0v) is 31.6. The maximum Gasteiger partial charge on any atom is 0.341 e. The first-order valence-corrected chi connectivity index (χ1v) is 20.6. The lowest BCUT2D eigenvalue weighted by molar-refractivity contribution is -0.154. The normalized spacial score (nSPS) is 11.7. The predicted octanol–water partition coefficient (Wildman–Crippen LogP) is 14.9. The minimum absolute atomic E-state index is 0.421. The number of carbonyl (C=O) groups is 2. The molecule has 3 heteroatoms. The van der Waals surface area contributed by atoms with Crippen molar-refractivity contribution in [2.45, 2.75) is 239 Å². The maximum atomic E-state index is 12.3. The van der Waals surface area contributed by atoms with Gasteiger partial charge in [0.25, 0.3) is 0 Å². The molecule has 0 heterocycles. The smallest absolute Gasteiger partial charge is 0.341 e. The summed E-state index contributed by atoms with van der Waals surface area (Å²) in [6, 6.07) is 0. The number of carbonyl (C=O) groups excluding carboxylic acids is 2. The number of esters is 2. The Balaban J connectivity index is 3.57. The fraction of sp³-hybridized carbons (Fsp3) is 0.860. The third-order valence-corrected chi connectivity index (χ3v) is 9.64. The van der Waals surface area contributed by atoms with Gasteiger partial charge >= 0.3 is 11.9 Å². The molecule has 0 saturated heterocycles. The van der Waals surface area contributed by atoms with Crippen LogP contribution in [-0.4, -0.2) is 11.9 Å². The van der Waals surface area contributed by atoms with Crippen molar-refractivity contribution in [1.29, 1.82) is 0 Å². The van der Waals surface area contributed by atoms with E-state index in [4.69, 9.17) is 4.74 Å². The van der Waals surface area contributed by atoms with Crippen molar-refractivity contribution in [2.75, 3.05) is 0 Å². The van der Waals surface area contributed by atoms with Crippen LogP contribution in [0.15, 0.2) is 23.8 Å². The number of hydrogen-bond donors (Lipinski definition) is 0. The Morgan fingerprint density at radius 2 is 0.717 bits per heavy atom. The lowest BCUT2D eigenvalue weighted by Gasteiger charge is -2.07. The van der Waals surface area contributed by atoms with Gasteiger partial charge in [-0.3, -0.25) is 0 Å². The van der Waals surface area contributed by atoms with Crippen molar-refractivity contribution < 1.29 is 14.3 Å². The average Bonchev–Trinajstić information content (AvgIpc) is 3.05. The summed E-state index contributed by atoms with van der Waals surface area (Å²) < 4.78 is 5.09. The molecule has 0 aromatic heterocycles. The molecule has 0 aromatic carbocycles. The Labute approximate surface area is 288 Å². The second kappa shape index (κ2) is 36.5. The molecular weight excluding hydrogens is 564 g/mol. The summed E-state index contributed by atoms with van der Waals surface area (Å²) in [5.74, 6) is -1.07. The molecule has 0 aliphatic heterocycles. The van der Waals surface area contributed by atoms with E-state index in [1.807, 2.05) is 6.08 Å². The van der Waals surface area contributed by atoms with Gasteiger partial charge in [-0.05, 0) is 32.6 Å². The molecule has 0 atom stereocenters. The minimum Gasteiger partial charge on any atom is -0.386 e. The van der Waals surface area contributed by atoms with Gasteiger partial charge in [0.05, 0.1) is 0 Å². The summed E-state index contributed by atoms with van der Waals surface area (Å²) in [6.07, 6.45) is 46.4. The molecule has 0 amide bonds. The molecule has 0 saturated carbocycles. The first-order valence-electron chi connectivity index (χ1n) is 20.6. The molecule has 0 bridgehead atoms. The van der Waals surface area contributed by atoms with Crippen molar-refractivity contribution in [3.05, 3.63) is 23.8 Å². The van der Waals surface area contributed by atoms with E-state index in [0.717, 1.165) is 25.7 Å². The molecule has 0 unspecified atom stereocenters. The fourth-order valence-corrected chi connectivity index (χ4v) is 6.32. The molecule has 0 N–H and O–H groups in total. The van der Waals surface area contributed by atoms with Crippen LogP contribution in [0.25, 0.3) is 0 Å². The van der Waals surface area contributed by atoms with Crippen LogP contribution in [0.2, 0.25) is 0 Å². The van der Waals surface area contributed by atoms with Crippen molar-refractivity contribution in [1.82, 2.24) is 0 Å². The van der Waals surface area contributed by atoms with E-state index >= 15 is 0 Å². The molecule has 3 nitrogen and oxygen atoms in total. The summed E-state index contributed by atoms with van der Waals surface area (Å²) in [5.41, 5.74) is 0.953. The number of hydrogen-bond acceptors (Lipinski definition) is 3. The molecule has 0 aliphatic rings. The fourth-order valence-electron chi connectivity index (χ4n) is 6.32. The average molecular weight is 645 g/mol. The van der Waals surface area contributed by atoms with Gasteiger partial charge < -0.3 is 4.74 Å². The first kappa shape index (κ1) is 44.6. The van der Waals surface area contributed by atoms with E-state index < -0.39 is 11.9 Å². The van der Waals surface area contributed by atoms with E-state index in [1.54, 1.807) is 6.92 Å². The largest absolute Gasteiger partial charge is 0.386 e. The predicted molar refractivity (Wildman–Crippen MR) is 202 cm³/mol. The molecule has 46 heavy (non-hydrogen) atoms. The van der Waals surface area contributed by atoms with Gasteiger partial charge in [-0.1, -0.05) is 219 Å². The van der Waals surface area contributed by atoms with Gasteiger partial charge in [0.15, 0.2) is 0 Å². The van der Waals surface area contributed by atoms with Gasteiger partial charge in [0.1, 0.15) is 0 Å². The van der Waals surface area contributed by atoms with Crippen molar-refractivity contribution >= 4 is 11.9 Å². The van der Waals surface area contributed by atoms with Crippen molar-refractivity contribution in [2.24, 2.45) is 0 Å². The van der Waals surface area contributed by atoms with Gasteiger partial charge in [-0.25, -0.2) is 9.59 Å². The van der Waals surface area contributed by atoms with Crippen molar-refractivity contribution in [3.63, 3.8) is 0 Å². The highest BCUT2D eigenvalue weighted by molar-refractivity contribution is 6.01. The first-order chi connectivity index (χ1) is 22.5. The van der Waals surface area contributed by atoms with E-state index in [1.165, 1.54) is 186 Å². The quantitative estimate of drug-likeness (QED) is 0.0295. The van der Waals surface area contributed by atoms with Crippen LogP contribution in [0.3, 0.4) is 0 Å². The zero-order valence-electron chi connectivity index (χ0n) is 31.6. The summed E-state index contributed by atoms with van der Waals surface area (Å²) in [4.78, 5) is 24.6. The van der Waals surface area contributed by atoms with Gasteiger partial charge in [0, 0.05) is 11.1 Å². The summed E-state index contributed by atoms with van der Waals surface area (Å²) in [5, 5.41) is 0. The molecule has 0 aliphatic carbocycles. The van der Waals surface area contributed by atoms with E-state index in [0.29, 0.717) is 17.6 Å². The van der Waals surface area contributed by atoms with Gasteiger partial charge in [-0.2, -0.15) is 0 Å². The third kappa shape index (κ3) is 32.6. The number of unbranched alkanes of at least 4 members (excludes halogenated alkanes) is 31. The van der Waals surface area contributed by atoms with Crippen LogP contribution in [0.4, 0.5) is 0 Å². The highest BCUT2D eigenvalue weighted by atomic mass is 16.6. The Morgan fingerprint density at radius 3 is 1.04 bits per heavy atom. The molecule has 0 radical (unpaired) electrons. The molecular formula is C43H80O3. The van der Waals surface area contributed by atoms with E-state index in [2.05, 4.69) is 20.4 Å². The second-order valence-corrected chi connectivity index (χ2v) is 14.3. The van der Waals surface area contributed by atoms with Gasteiger partial charge in [-0.15, -0.1) is 0 Å². The van der Waals surface area contributed by atoms with E-state index in [-0.39, 0.29) is 0 Å². The van der Waals surface area contributed by atoms with Crippen LogP contribution < -0.4 is 0 Å². The second-order valence-electron chi connectivity index (χ2n) is 14.3. The Morgan fingerprint density at radius 1 is 0.435 bits per heavy atom. The van der Waals surface area contributed by atoms with Crippen LogP contribution in [-0.2, 0) is 14.3 Å². The molecule has 270 valence electrons. The van der Waals surface area contributed by atoms with Crippen LogP contribution in [0.1, 0.15) is 239 Å². The molecule has 0 fully saturated rings. The summed E-state index contributed by atoms with van der Waals surface area (Å²) >= 11 is 0. The summed E-state index contributed by atoms with van der Waals surface area (Å²) in [6.45, 7) is 10.2. The minimum atomic E-state index is -0.555. The van der Waals surface area contributed by atoms with E-state index in [9.17, 15) is 9.59 Å². The summed E-state index contributed by atoms with van der Waals surface area (Å²) in [7, 11) is 0. The highest BCUT2D eigenvalue weighted by Gasteiger charge is 2.15. The number of allylic oxidation sites excluding steroid dienone is 1. The monoisotopic (exact) mass is 645 g/mol. The maximum absolute atomic E-state index is 12.3. The molecule has 0 spiro atoms. The molecule has 0 rings (SSSR count). The lowest BCUT2D eigenvalue weighted by Crippen LogP contribution is -2.14. The SMILES string of the molecule is C=C(CCCCCCCCCCCCCCCCCC)C(=O)OC(=O)C(C)=CCCCCCCCCCCCCCCCCCC. The van der Waals surface area contributed by atoms with Crippen molar-refractivity contribution in [3.8, 4) is 0 Å². The Kier molecular flexibility index (Phi) is 35.4. The highest BCUT2D eigenvalue weighted by Crippen LogP contribution is 2.17. The van der Waals surface area contributed by atoms with Crippen LogP contribution in [0.5, 0.6) is 0 Å². The molecule has 0 aromatic rings. The topological polar surface area (TPSA) is 43.4 Å². The van der Waals surface area contributed by atoms with Gasteiger partial charge in [0.2, 0.25) is 0 Å². The Hall–Kier alpha value is -1.38. The van der Waals surface area contributed by atoms with Crippen LogP contribution in [0, 0.1) is 0 Å². The lowest BCUT2D eigenvalue weighted by atomic mass is 10.0. The number of ether oxygens (including phenoxy) is 1. The zero-order chi connectivity index (χ0) is 33.8. The number of rotatable bonds is 36. The Bertz CT molecular complexity index is 722.